The Morgan fingerprint density at radius 2 is 2.00 bits per heavy atom. The second-order valence-corrected chi connectivity index (χ2v) is 7.21. The van der Waals surface area contributed by atoms with Crippen molar-refractivity contribution in [1.82, 2.24) is 15.2 Å². The van der Waals surface area contributed by atoms with Gasteiger partial charge in [-0.1, -0.05) is 46.8 Å². The van der Waals surface area contributed by atoms with Gasteiger partial charge in [0.25, 0.3) is 5.56 Å². The van der Waals surface area contributed by atoms with Gasteiger partial charge in [0.05, 0.1) is 12.8 Å². The molecule has 0 amide bonds. The molecule has 1 aromatic heterocycles. The third-order valence-corrected chi connectivity index (χ3v) is 3.27. The molecule has 7 nitrogen and oxygen atoms in total. The monoisotopic (exact) mass is 343 g/mol. The van der Waals surface area contributed by atoms with Crippen molar-refractivity contribution in [3.05, 3.63) is 45.9 Å². The van der Waals surface area contributed by atoms with Gasteiger partial charge in [0.15, 0.2) is 0 Å². The second kappa shape index (κ2) is 7.92. The van der Waals surface area contributed by atoms with Gasteiger partial charge < -0.3 is 4.74 Å². The molecule has 0 unspecified atom stereocenters. The van der Waals surface area contributed by atoms with Crippen LogP contribution in [0.3, 0.4) is 0 Å². The standard InChI is InChI=1S/C18H25N5O2/c1-12(2)11-25-14-9-7-6-8-13(14)10-19-22-17-20-16(24)15(21-23-17)18(3,4)5/h6-10,12H,11H2,1-5H3,(H2,20,22,23,24)/b19-10+. The lowest BCUT2D eigenvalue weighted by Gasteiger charge is -2.15. The van der Waals surface area contributed by atoms with Crippen LogP contribution in [0.25, 0.3) is 0 Å². The molecule has 0 saturated heterocycles. The summed E-state index contributed by atoms with van der Waals surface area (Å²) in [5, 5.41) is 12.0. The molecule has 0 aliphatic heterocycles. The molecule has 25 heavy (non-hydrogen) atoms. The van der Waals surface area contributed by atoms with Crippen LogP contribution in [-0.2, 0) is 5.41 Å². The van der Waals surface area contributed by atoms with Gasteiger partial charge in [0.1, 0.15) is 11.4 Å². The number of nitrogens with one attached hydrogen (secondary N) is 2. The molecule has 0 aliphatic rings. The van der Waals surface area contributed by atoms with Gasteiger partial charge in [-0.25, -0.2) is 5.43 Å². The van der Waals surface area contributed by atoms with Crippen molar-refractivity contribution >= 4 is 12.2 Å². The lowest BCUT2D eigenvalue weighted by molar-refractivity contribution is 0.271. The van der Waals surface area contributed by atoms with Gasteiger partial charge in [-0.2, -0.15) is 5.10 Å². The number of hydrazone groups is 1. The van der Waals surface area contributed by atoms with E-state index in [0.717, 1.165) is 11.3 Å². The van der Waals surface area contributed by atoms with E-state index in [0.29, 0.717) is 18.2 Å². The molecule has 0 radical (unpaired) electrons. The zero-order chi connectivity index (χ0) is 18.4. The first kappa shape index (κ1) is 18.6. The van der Waals surface area contributed by atoms with Gasteiger partial charge in [0.2, 0.25) is 5.95 Å². The molecule has 2 N–H and O–H groups in total. The zero-order valence-electron chi connectivity index (χ0n) is 15.3. The number of nitrogens with zero attached hydrogens (tertiary/aromatic N) is 3. The number of ether oxygens (including phenoxy) is 1. The normalized spacial score (nSPS) is 11.9. The summed E-state index contributed by atoms with van der Waals surface area (Å²) < 4.78 is 5.77. The van der Waals surface area contributed by atoms with Crippen LogP contribution in [0.2, 0.25) is 0 Å². The largest absolute Gasteiger partial charge is 0.493 e. The van der Waals surface area contributed by atoms with E-state index in [-0.39, 0.29) is 16.9 Å². The Morgan fingerprint density at radius 3 is 2.64 bits per heavy atom. The van der Waals surface area contributed by atoms with Crippen LogP contribution in [-0.4, -0.2) is 28.0 Å². The maximum Gasteiger partial charge on any atom is 0.274 e. The highest BCUT2D eigenvalue weighted by Crippen LogP contribution is 2.17. The van der Waals surface area contributed by atoms with Crippen molar-refractivity contribution in [1.29, 1.82) is 0 Å². The highest BCUT2D eigenvalue weighted by Gasteiger charge is 2.20. The molecule has 1 aromatic carbocycles. The minimum Gasteiger partial charge on any atom is -0.493 e. The lowest BCUT2D eigenvalue weighted by Crippen LogP contribution is -2.28. The van der Waals surface area contributed by atoms with Crippen LogP contribution in [0.1, 0.15) is 45.9 Å². The van der Waals surface area contributed by atoms with E-state index in [1.807, 2.05) is 45.0 Å². The Balaban J connectivity index is 2.09. The maximum atomic E-state index is 12.1. The van der Waals surface area contributed by atoms with Crippen molar-refractivity contribution < 1.29 is 4.74 Å². The Kier molecular flexibility index (Phi) is 5.90. The zero-order valence-corrected chi connectivity index (χ0v) is 15.3. The predicted molar refractivity (Wildman–Crippen MR) is 99.3 cm³/mol. The SMILES string of the molecule is CC(C)COc1ccccc1/C=N/Nc1nnc(C(C)(C)C)c(=O)[nH]1. The molecule has 0 saturated carbocycles. The molecule has 134 valence electrons. The lowest BCUT2D eigenvalue weighted by atomic mass is 9.93. The maximum absolute atomic E-state index is 12.1. The predicted octanol–water partition coefficient (Wildman–Crippen LogP) is 2.94. The van der Waals surface area contributed by atoms with Gasteiger partial charge in [-0.15, -0.1) is 10.2 Å². The molecular formula is C18H25N5O2. The average Bonchev–Trinajstić information content (AvgIpc) is 2.52. The number of aromatic nitrogens is 3. The molecule has 2 aromatic rings. The summed E-state index contributed by atoms with van der Waals surface area (Å²) in [7, 11) is 0. The summed E-state index contributed by atoms with van der Waals surface area (Å²) in [6.45, 7) is 10.5. The molecule has 0 bridgehead atoms. The number of aromatic amines is 1. The summed E-state index contributed by atoms with van der Waals surface area (Å²) in [6.07, 6.45) is 1.62. The first-order valence-electron chi connectivity index (χ1n) is 8.25. The minimum absolute atomic E-state index is 0.190. The summed E-state index contributed by atoms with van der Waals surface area (Å²) in [5.74, 6) is 1.38. The minimum atomic E-state index is -0.366. The third kappa shape index (κ3) is 5.41. The molecule has 0 spiro atoms. The number of benzene rings is 1. The first-order valence-corrected chi connectivity index (χ1v) is 8.25. The fourth-order valence-electron chi connectivity index (χ4n) is 2.02. The topological polar surface area (TPSA) is 92.3 Å². The average molecular weight is 343 g/mol. The van der Waals surface area contributed by atoms with Crippen LogP contribution in [0.4, 0.5) is 5.95 Å². The third-order valence-electron chi connectivity index (χ3n) is 3.27. The summed E-state index contributed by atoms with van der Waals surface area (Å²) >= 11 is 0. The van der Waals surface area contributed by atoms with Gasteiger partial charge in [0, 0.05) is 11.0 Å². The molecule has 7 heteroatoms. The van der Waals surface area contributed by atoms with Crippen molar-refractivity contribution in [3.63, 3.8) is 0 Å². The van der Waals surface area contributed by atoms with E-state index >= 15 is 0 Å². The van der Waals surface area contributed by atoms with E-state index < -0.39 is 0 Å². The smallest absolute Gasteiger partial charge is 0.274 e. The molecule has 0 fully saturated rings. The van der Waals surface area contributed by atoms with Crippen LogP contribution < -0.4 is 15.7 Å². The number of anilines is 1. The fourth-order valence-corrected chi connectivity index (χ4v) is 2.02. The molecule has 1 heterocycles. The Bertz CT molecular complexity index is 791. The number of hydrogen-bond donors (Lipinski definition) is 2. The van der Waals surface area contributed by atoms with Crippen molar-refractivity contribution in [2.75, 3.05) is 12.0 Å². The highest BCUT2D eigenvalue weighted by molar-refractivity contribution is 5.83. The summed E-state index contributed by atoms with van der Waals surface area (Å²) in [6, 6.07) is 7.61. The van der Waals surface area contributed by atoms with Crippen LogP contribution >= 0.6 is 0 Å². The molecule has 2 rings (SSSR count). The number of rotatable bonds is 6. The molecule has 0 aliphatic carbocycles. The Hall–Kier alpha value is -2.70. The highest BCUT2D eigenvalue weighted by atomic mass is 16.5. The Morgan fingerprint density at radius 1 is 1.28 bits per heavy atom. The van der Waals surface area contributed by atoms with E-state index in [2.05, 4.69) is 39.6 Å². The number of hydrogen-bond acceptors (Lipinski definition) is 6. The fraction of sp³-hybridized carbons (Fsp3) is 0.444. The summed E-state index contributed by atoms with van der Waals surface area (Å²) in [5.41, 5.74) is 3.26. The van der Waals surface area contributed by atoms with E-state index in [1.54, 1.807) is 6.21 Å². The van der Waals surface area contributed by atoms with Gasteiger partial charge in [-0.3, -0.25) is 9.78 Å². The van der Waals surface area contributed by atoms with Crippen molar-refractivity contribution in [3.8, 4) is 5.75 Å². The van der Waals surface area contributed by atoms with E-state index in [1.165, 1.54) is 0 Å². The second-order valence-electron chi connectivity index (χ2n) is 7.21. The molecular weight excluding hydrogens is 318 g/mol. The first-order chi connectivity index (χ1) is 11.8. The quantitative estimate of drug-likeness (QED) is 0.621. The molecule has 0 atom stereocenters. The van der Waals surface area contributed by atoms with Gasteiger partial charge >= 0.3 is 0 Å². The van der Waals surface area contributed by atoms with Crippen LogP contribution in [0.5, 0.6) is 5.75 Å². The number of H-pyrrole nitrogens is 1. The van der Waals surface area contributed by atoms with Crippen LogP contribution in [0.15, 0.2) is 34.2 Å². The van der Waals surface area contributed by atoms with E-state index in [9.17, 15) is 4.79 Å². The number of para-hydroxylation sites is 1. The van der Waals surface area contributed by atoms with Gasteiger partial charge in [-0.05, 0) is 18.1 Å². The van der Waals surface area contributed by atoms with E-state index in [4.69, 9.17) is 4.74 Å². The summed E-state index contributed by atoms with van der Waals surface area (Å²) in [4.78, 5) is 14.7. The van der Waals surface area contributed by atoms with Crippen LogP contribution in [0, 0.1) is 5.92 Å². The Labute approximate surface area is 147 Å². The van der Waals surface area contributed by atoms with Crippen molar-refractivity contribution in [2.45, 2.75) is 40.0 Å². The van der Waals surface area contributed by atoms with Crippen molar-refractivity contribution in [2.24, 2.45) is 11.0 Å².